The lowest BCUT2D eigenvalue weighted by Crippen LogP contribution is -2.45. The molecule has 0 bridgehead atoms. The molecule has 2 atom stereocenters. The number of aliphatic hydroxyl groups excluding tert-OH is 2. The van der Waals surface area contributed by atoms with E-state index in [0.29, 0.717) is 19.4 Å². The molecule has 0 rings (SSSR count). The minimum absolute atomic E-state index is 0.00767. The Morgan fingerprint density at radius 2 is 0.633 bits per heavy atom. The molecule has 3 N–H and O–H groups in total. The number of carbonyl (C=O) groups is 2. The summed E-state index contributed by atoms with van der Waals surface area (Å²) in [4.78, 5) is 24.5. The van der Waals surface area contributed by atoms with E-state index in [9.17, 15) is 19.8 Å². The second kappa shape index (κ2) is 68.3. The monoisotopic (exact) mass is 1110 g/mol. The van der Waals surface area contributed by atoms with Crippen LogP contribution in [0.4, 0.5) is 0 Å². The second-order valence-corrected chi connectivity index (χ2v) is 24.2. The summed E-state index contributed by atoms with van der Waals surface area (Å²) in [5.74, 6) is -0.0582. The topological polar surface area (TPSA) is 95.9 Å². The molecule has 0 spiro atoms. The molecule has 6 heteroatoms. The Labute approximate surface area is 493 Å². The molecule has 0 aliphatic rings. The number of nitrogens with one attached hydrogen (secondary N) is 1. The summed E-state index contributed by atoms with van der Waals surface area (Å²) in [6, 6.07) is -0.623. The predicted octanol–water partition coefficient (Wildman–Crippen LogP) is 22.9. The van der Waals surface area contributed by atoms with Crippen molar-refractivity contribution >= 4 is 11.9 Å². The van der Waals surface area contributed by atoms with Crippen molar-refractivity contribution in [3.8, 4) is 0 Å². The number of allylic oxidation sites excluding steroid dienone is 7. The van der Waals surface area contributed by atoms with Gasteiger partial charge in [0, 0.05) is 12.8 Å². The maximum atomic E-state index is 12.4. The maximum Gasteiger partial charge on any atom is 0.305 e. The van der Waals surface area contributed by atoms with Gasteiger partial charge in [-0.3, -0.25) is 9.59 Å². The summed E-state index contributed by atoms with van der Waals surface area (Å²) in [5, 5.41) is 23.0. The van der Waals surface area contributed by atoms with E-state index in [2.05, 4.69) is 55.6 Å². The number of hydrogen-bond donors (Lipinski definition) is 3. The van der Waals surface area contributed by atoms with Gasteiger partial charge in [0.25, 0.3) is 0 Å². The third-order valence-corrected chi connectivity index (χ3v) is 16.3. The quantitative estimate of drug-likeness (QED) is 0.0320. The van der Waals surface area contributed by atoms with Crippen LogP contribution in [-0.2, 0) is 14.3 Å². The molecule has 0 fully saturated rings. The molecule has 6 nitrogen and oxygen atoms in total. The summed E-state index contributed by atoms with van der Waals surface area (Å²) < 4.78 is 5.49. The fourth-order valence-corrected chi connectivity index (χ4v) is 10.9. The van der Waals surface area contributed by atoms with Gasteiger partial charge < -0.3 is 20.3 Å². The largest absolute Gasteiger partial charge is 0.466 e. The minimum Gasteiger partial charge on any atom is -0.466 e. The van der Waals surface area contributed by atoms with E-state index in [1.54, 1.807) is 6.08 Å². The first-order valence-corrected chi connectivity index (χ1v) is 35.4. The van der Waals surface area contributed by atoms with Crippen LogP contribution in [0.3, 0.4) is 0 Å². The third kappa shape index (κ3) is 64.8. The number of unbranched alkanes of at least 4 members (excludes halogenated alkanes) is 49. The summed E-state index contributed by atoms with van der Waals surface area (Å²) in [6.07, 6.45) is 89.4. The Morgan fingerprint density at radius 1 is 0.354 bits per heavy atom. The smallest absolute Gasteiger partial charge is 0.305 e. The van der Waals surface area contributed by atoms with Crippen LogP contribution in [-0.4, -0.2) is 47.4 Å². The Morgan fingerprint density at radius 3 is 0.987 bits per heavy atom. The zero-order valence-electron chi connectivity index (χ0n) is 53.1. The molecule has 0 aliphatic carbocycles. The number of amides is 1. The zero-order valence-corrected chi connectivity index (χ0v) is 53.1. The van der Waals surface area contributed by atoms with Crippen LogP contribution in [0, 0.1) is 0 Å². The van der Waals surface area contributed by atoms with Gasteiger partial charge in [-0.15, -0.1) is 0 Å². The summed E-state index contributed by atoms with van der Waals surface area (Å²) >= 11 is 0. The highest BCUT2D eigenvalue weighted by Crippen LogP contribution is 2.18. The van der Waals surface area contributed by atoms with Crippen LogP contribution < -0.4 is 5.32 Å². The number of ether oxygens (including phenoxy) is 1. The number of carbonyl (C=O) groups excluding carboxylic acids is 2. The normalized spacial score (nSPS) is 12.8. The molecule has 0 aliphatic heterocycles. The van der Waals surface area contributed by atoms with Gasteiger partial charge in [-0.2, -0.15) is 0 Å². The van der Waals surface area contributed by atoms with E-state index in [0.717, 1.165) is 51.4 Å². The predicted molar refractivity (Wildman–Crippen MR) is 347 cm³/mol. The Hall–Kier alpha value is -2.18. The van der Waals surface area contributed by atoms with Crippen molar-refractivity contribution in [2.45, 2.75) is 392 Å². The van der Waals surface area contributed by atoms with Gasteiger partial charge in [-0.05, 0) is 89.9 Å². The van der Waals surface area contributed by atoms with E-state index < -0.39 is 12.1 Å². The number of rotatable bonds is 66. The van der Waals surface area contributed by atoms with Crippen LogP contribution in [0.1, 0.15) is 380 Å². The molecule has 79 heavy (non-hydrogen) atoms. The average Bonchev–Trinajstić information content (AvgIpc) is 3.45. The molecule has 0 heterocycles. The molecule has 0 saturated heterocycles. The number of hydrogen-bond acceptors (Lipinski definition) is 5. The van der Waals surface area contributed by atoms with Crippen LogP contribution in [0.15, 0.2) is 48.6 Å². The van der Waals surface area contributed by atoms with E-state index in [1.165, 1.54) is 302 Å². The lowest BCUT2D eigenvalue weighted by atomic mass is 10.0. The van der Waals surface area contributed by atoms with Crippen molar-refractivity contribution in [3.05, 3.63) is 48.6 Å². The van der Waals surface area contributed by atoms with Gasteiger partial charge in [0.2, 0.25) is 5.91 Å². The summed E-state index contributed by atoms with van der Waals surface area (Å²) in [5.41, 5.74) is 0. The highest BCUT2D eigenvalue weighted by molar-refractivity contribution is 5.76. The maximum absolute atomic E-state index is 12.4. The van der Waals surface area contributed by atoms with Gasteiger partial charge in [0.1, 0.15) is 0 Å². The van der Waals surface area contributed by atoms with Crippen molar-refractivity contribution in [1.82, 2.24) is 5.32 Å². The van der Waals surface area contributed by atoms with Crippen molar-refractivity contribution in [3.63, 3.8) is 0 Å². The highest BCUT2D eigenvalue weighted by Gasteiger charge is 2.18. The van der Waals surface area contributed by atoms with Crippen molar-refractivity contribution in [2.24, 2.45) is 0 Å². The molecule has 0 radical (unpaired) electrons. The number of aliphatic hydroxyl groups is 2. The Kier molecular flexibility index (Phi) is 66.4. The molecule has 2 unspecified atom stereocenters. The van der Waals surface area contributed by atoms with Crippen LogP contribution >= 0.6 is 0 Å². The van der Waals surface area contributed by atoms with Crippen molar-refractivity contribution in [2.75, 3.05) is 13.2 Å². The second-order valence-electron chi connectivity index (χ2n) is 24.2. The highest BCUT2D eigenvalue weighted by atomic mass is 16.5. The molecular formula is C73H137NO5. The Bertz CT molecular complexity index is 1320. The number of esters is 1. The van der Waals surface area contributed by atoms with Gasteiger partial charge in [0.05, 0.1) is 25.4 Å². The lowest BCUT2D eigenvalue weighted by molar-refractivity contribution is -0.143. The molecule has 0 aromatic carbocycles. The van der Waals surface area contributed by atoms with E-state index in [4.69, 9.17) is 4.74 Å². The third-order valence-electron chi connectivity index (χ3n) is 16.3. The van der Waals surface area contributed by atoms with Gasteiger partial charge in [0.15, 0.2) is 0 Å². The van der Waals surface area contributed by atoms with Crippen LogP contribution in [0.25, 0.3) is 0 Å². The zero-order chi connectivity index (χ0) is 57.1. The van der Waals surface area contributed by atoms with E-state index >= 15 is 0 Å². The first-order valence-electron chi connectivity index (χ1n) is 35.4. The fourth-order valence-electron chi connectivity index (χ4n) is 10.9. The van der Waals surface area contributed by atoms with Gasteiger partial charge >= 0.3 is 5.97 Å². The lowest BCUT2D eigenvalue weighted by Gasteiger charge is -2.20. The Balaban J connectivity index is 3.32. The summed E-state index contributed by atoms with van der Waals surface area (Å²) in [6.45, 7) is 4.87. The first-order chi connectivity index (χ1) is 39.0. The minimum atomic E-state index is -0.839. The molecule has 0 aromatic rings. The fraction of sp³-hybridized carbons (Fsp3) is 0.863. The van der Waals surface area contributed by atoms with Crippen LogP contribution in [0.2, 0.25) is 0 Å². The van der Waals surface area contributed by atoms with Crippen molar-refractivity contribution in [1.29, 1.82) is 0 Å². The van der Waals surface area contributed by atoms with E-state index in [-0.39, 0.29) is 18.5 Å². The molecule has 464 valence electrons. The molecule has 1 amide bonds. The van der Waals surface area contributed by atoms with E-state index in [1.807, 2.05) is 6.08 Å². The average molecular weight is 1110 g/mol. The first kappa shape index (κ1) is 76.8. The molecule has 0 saturated carbocycles. The van der Waals surface area contributed by atoms with Crippen molar-refractivity contribution < 1.29 is 24.5 Å². The van der Waals surface area contributed by atoms with Gasteiger partial charge in [-0.1, -0.05) is 326 Å². The van der Waals surface area contributed by atoms with Gasteiger partial charge in [-0.25, -0.2) is 0 Å². The SMILES string of the molecule is CCCCCC/C=C\C/C=C\CCCCCCCC(=O)OCCCCCCCCCCCCCCCCCC/C=C\CCCCCCCCCCCCCCCCCCCC(=O)NC(CO)C(O)/C=C/CCCCCCCCC. The molecule has 0 aromatic heterocycles. The standard InChI is InChI=1S/C73H137NO5/c1-3-5-7-9-11-13-14-15-16-41-44-47-51-55-59-63-67-73(78)79-68-64-60-56-52-48-45-42-39-37-35-33-31-29-27-25-23-21-19-17-18-20-22-24-26-28-30-32-34-36-38-40-43-46-50-54-58-62-66-72(77)74-70(69-75)71(76)65-61-57-53-49-12-10-8-6-4-2/h13-14,16-17,19,41,61,65,70-71,75-76H,3-12,15,18,20-40,42-60,62-64,66-69H2,1-2H3,(H,74,77)/b14-13-,19-17-,41-16-,65-61+. The van der Waals surface area contributed by atoms with Crippen LogP contribution in [0.5, 0.6) is 0 Å². The summed E-state index contributed by atoms with van der Waals surface area (Å²) in [7, 11) is 0. The molecular weight excluding hydrogens is 971 g/mol.